The monoisotopic (exact) mass is 282 g/mol. The third kappa shape index (κ3) is 2.48. The molecule has 0 fully saturated rings. The summed E-state index contributed by atoms with van der Waals surface area (Å²) in [6.45, 7) is 0. The Morgan fingerprint density at radius 1 is 1.25 bits per heavy atom. The first-order valence-corrected chi connectivity index (χ1v) is 5.37. The third-order valence-corrected chi connectivity index (χ3v) is 2.58. The largest absolute Gasteiger partial charge is 0.433 e. The molecular formula is C12H8F2N2O4. The Morgan fingerprint density at radius 2 is 1.95 bits per heavy atom. The summed E-state index contributed by atoms with van der Waals surface area (Å²) in [6.07, 6.45) is 0. The van der Waals surface area contributed by atoms with Crippen LogP contribution in [0.25, 0.3) is 0 Å². The van der Waals surface area contributed by atoms with Crippen molar-refractivity contribution >= 4 is 17.5 Å². The minimum Gasteiger partial charge on any atom is -0.395 e. The van der Waals surface area contributed by atoms with Crippen molar-refractivity contribution in [2.75, 3.05) is 11.9 Å². The van der Waals surface area contributed by atoms with Gasteiger partial charge in [0.25, 0.3) is 5.91 Å². The zero-order valence-corrected chi connectivity index (χ0v) is 10.2. The van der Waals surface area contributed by atoms with Crippen molar-refractivity contribution in [3.8, 4) is 0 Å². The van der Waals surface area contributed by atoms with Crippen molar-refractivity contribution < 1.29 is 22.9 Å². The van der Waals surface area contributed by atoms with Crippen LogP contribution in [0.2, 0.25) is 0 Å². The number of hydrogen-bond donors (Lipinski definition) is 0. The Bertz CT molecular complexity index is 684. The standard InChI is InChI=1S/C12H8F2N2O4/c1-15(7-2-3-8(13)9(14)6-7)12(17)10-4-5-11(20-10)16(18)19/h2-6H,1H3. The molecule has 2 rings (SSSR count). The quantitative estimate of drug-likeness (QED) is 0.640. The van der Waals surface area contributed by atoms with Gasteiger partial charge in [0.1, 0.15) is 4.92 Å². The lowest BCUT2D eigenvalue weighted by molar-refractivity contribution is -0.402. The van der Waals surface area contributed by atoms with Gasteiger partial charge >= 0.3 is 5.88 Å². The van der Waals surface area contributed by atoms with E-state index in [2.05, 4.69) is 0 Å². The normalized spacial score (nSPS) is 10.3. The summed E-state index contributed by atoms with van der Waals surface area (Å²) in [4.78, 5) is 22.6. The van der Waals surface area contributed by atoms with Crippen LogP contribution in [0.5, 0.6) is 0 Å². The van der Waals surface area contributed by atoms with Crippen LogP contribution >= 0.6 is 0 Å². The first-order chi connectivity index (χ1) is 9.40. The van der Waals surface area contributed by atoms with E-state index in [9.17, 15) is 23.7 Å². The van der Waals surface area contributed by atoms with Gasteiger partial charge in [0.2, 0.25) is 0 Å². The van der Waals surface area contributed by atoms with Gasteiger partial charge in [-0.3, -0.25) is 14.9 Å². The van der Waals surface area contributed by atoms with Gasteiger partial charge < -0.3 is 9.32 Å². The number of nitro groups is 1. The summed E-state index contributed by atoms with van der Waals surface area (Å²) < 4.78 is 30.6. The second-order valence-corrected chi connectivity index (χ2v) is 3.86. The maximum atomic E-state index is 13.1. The highest BCUT2D eigenvalue weighted by Gasteiger charge is 2.21. The smallest absolute Gasteiger partial charge is 0.395 e. The molecule has 0 aliphatic heterocycles. The van der Waals surface area contributed by atoms with Crippen LogP contribution in [0.15, 0.2) is 34.7 Å². The predicted molar refractivity (Wildman–Crippen MR) is 64.5 cm³/mol. The van der Waals surface area contributed by atoms with E-state index < -0.39 is 28.3 Å². The van der Waals surface area contributed by atoms with Crippen molar-refractivity contribution in [3.05, 3.63) is 57.8 Å². The summed E-state index contributed by atoms with van der Waals surface area (Å²) >= 11 is 0. The number of nitrogens with zero attached hydrogens (tertiary/aromatic N) is 2. The first-order valence-electron chi connectivity index (χ1n) is 5.37. The molecule has 0 spiro atoms. The summed E-state index contributed by atoms with van der Waals surface area (Å²) in [7, 11) is 1.31. The predicted octanol–water partition coefficient (Wildman–Crippen LogP) is 2.74. The molecule has 0 saturated carbocycles. The van der Waals surface area contributed by atoms with Gasteiger partial charge in [0.15, 0.2) is 17.4 Å². The van der Waals surface area contributed by atoms with E-state index in [1.54, 1.807) is 0 Å². The van der Waals surface area contributed by atoms with Gasteiger partial charge in [0.05, 0.1) is 6.07 Å². The van der Waals surface area contributed by atoms with Crippen molar-refractivity contribution in [2.45, 2.75) is 0 Å². The number of carbonyl (C=O) groups is 1. The Balaban J connectivity index is 2.27. The van der Waals surface area contributed by atoms with E-state index in [-0.39, 0.29) is 11.4 Å². The molecule has 8 heteroatoms. The second kappa shape index (κ2) is 5.08. The van der Waals surface area contributed by atoms with Crippen LogP contribution in [-0.4, -0.2) is 17.9 Å². The molecule has 0 aliphatic rings. The summed E-state index contributed by atoms with van der Waals surface area (Å²) in [5.74, 6) is -3.71. The Labute approximate surface area is 111 Å². The van der Waals surface area contributed by atoms with Gasteiger partial charge in [-0.1, -0.05) is 0 Å². The third-order valence-electron chi connectivity index (χ3n) is 2.58. The summed E-state index contributed by atoms with van der Waals surface area (Å²) in [5.41, 5.74) is 0.0907. The number of carbonyl (C=O) groups excluding carboxylic acids is 1. The summed E-state index contributed by atoms with van der Waals surface area (Å²) in [6, 6.07) is 5.08. The fraction of sp³-hybridized carbons (Fsp3) is 0.0833. The van der Waals surface area contributed by atoms with Crippen LogP contribution < -0.4 is 4.90 Å². The average Bonchev–Trinajstić information content (AvgIpc) is 2.90. The second-order valence-electron chi connectivity index (χ2n) is 3.86. The lowest BCUT2D eigenvalue weighted by Gasteiger charge is -2.15. The van der Waals surface area contributed by atoms with Gasteiger partial charge in [-0.2, -0.15) is 0 Å². The van der Waals surface area contributed by atoms with Crippen molar-refractivity contribution in [1.29, 1.82) is 0 Å². The molecule has 2 aromatic rings. The van der Waals surface area contributed by atoms with E-state index in [0.717, 1.165) is 29.2 Å². The molecule has 0 bridgehead atoms. The van der Waals surface area contributed by atoms with Gasteiger partial charge in [-0.15, -0.1) is 0 Å². The molecule has 0 aliphatic carbocycles. The Morgan fingerprint density at radius 3 is 2.50 bits per heavy atom. The van der Waals surface area contributed by atoms with Crippen LogP contribution in [0.4, 0.5) is 20.4 Å². The number of furan rings is 1. The number of halogens is 2. The number of rotatable bonds is 3. The Hall–Kier alpha value is -2.77. The lowest BCUT2D eigenvalue weighted by Crippen LogP contribution is -2.25. The fourth-order valence-electron chi connectivity index (χ4n) is 1.52. The van der Waals surface area contributed by atoms with Crippen LogP contribution in [0, 0.1) is 21.7 Å². The number of anilines is 1. The van der Waals surface area contributed by atoms with Crippen LogP contribution in [0.1, 0.15) is 10.6 Å². The van der Waals surface area contributed by atoms with Crippen molar-refractivity contribution in [2.24, 2.45) is 0 Å². The molecule has 6 nitrogen and oxygen atoms in total. The number of hydrogen-bond acceptors (Lipinski definition) is 4. The minimum absolute atomic E-state index is 0.0907. The molecule has 1 aromatic heterocycles. The SMILES string of the molecule is CN(C(=O)c1ccc([N+](=O)[O-])o1)c1ccc(F)c(F)c1. The van der Waals surface area contributed by atoms with E-state index in [1.165, 1.54) is 13.1 Å². The first kappa shape index (κ1) is 13.7. The fourth-order valence-corrected chi connectivity index (χ4v) is 1.52. The molecule has 0 saturated heterocycles. The Kier molecular flexibility index (Phi) is 3.47. The molecule has 1 amide bonds. The maximum absolute atomic E-state index is 13.1. The molecule has 0 N–H and O–H groups in total. The van der Waals surface area contributed by atoms with Gasteiger partial charge in [-0.25, -0.2) is 8.78 Å². The van der Waals surface area contributed by atoms with E-state index >= 15 is 0 Å². The highest BCUT2D eigenvalue weighted by molar-refractivity contribution is 6.03. The molecule has 0 atom stereocenters. The molecule has 1 heterocycles. The zero-order chi connectivity index (χ0) is 14.9. The summed E-state index contributed by atoms with van der Waals surface area (Å²) in [5, 5.41) is 10.5. The maximum Gasteiger partial charge on any atom is 0.433 e. The lowest BCUT2D eigenvalue weighted by atomic mass is 10.2. The highest BCUT2D eigenvalue weighted by atomic mass is 19.2. The minimum atomic E-state index is -1.10. The van der Waals surface area contributed by atoms with Crippen LogP contribution in [0.3, 0.4) is 0 Å². The zero-order valence-electron chi connectivity index (χ0n) is 10.2. The average molecular weight is 282 g/mol. The van der Waals surface area contributed by atoms with Gasteiger partial charge in [-0.05, 0) is 18.2 Å². The highest BCUT2D eigenvalue weighted by Crippen LogP contribution is 2.21. The van der Waals surface area contributed by atoms with Crippen molar-refractivity contribution in [1.82, 2.24) is 0 Å². The number of benzene rings is 1. The molecule has 20 heavy (non-hydrogen) atoms. The molecule has 104 valence electrons. The van der Waals surface area contributed by atoms with Crippen molar-refractivity contribution in [3.63, 3.8) is 0 Å². The van der Waals surface area contributed by atoms with E-state index in [1.807, 2.05) is 0 Å². The van der Waals surface area contributed by atoms with E-state index in [4.69, 9.17) is 4.42 Å². The van der Waals surface area contributed by atoms with Gasteiger partial charge in [0, 0.05) is 18.8 Å². The molecule has 0 radical (unpaired) electrons. The topological polar surface area (TPSA) is 76.6 Å². The number of amides is 1. The van der Waals surface area contributed by atoms with E-state index in [0.29, 0.717) is 0 Å². The van der Waals surface area contributed by atoms with Crippen LogP contribution in [-0.2, 0) is 0 Å². The molecule has 1 aromatic carbocycles. The molecular weight excluding hydrogens is 274 g/mol. The molecule has 0 unspecified atom stereocenters.